The van der Waals surface area contributed by atoms with Crippen LogP contribution in [0.3, 0.4) is 0 Å². The van der Waals surface area contributed by atoms with Crippen LogP contribution in [0, 0.1) is 0 Å². The van der Waals surface area contributed by atoms with Crippen LogP contribution in [-0.2, 0) is 4.79 Å². The average Bonchev–Trinajstić information content (AvgIpc) is 2.54. The van der Waals surface area contributed by atoms with Crippen LogP contribution in [-0.4, -0.2) is 28.7 Å². The lowest BCUT2D eigenvalue weighted by Crippen LogP contribution is -2.31. The molecule has 23 heavy (non-hydrogen) atoms. The van der Waals surface area contributed by atoms with Gasteiger partial charge in [-0.2, -0.15) is 0 Å². The number of fused-ring (bicyclic) bond motifs is 1. The monoisotopic (exact) mass is 331 g/mol. The molecule has 0 bridgehead atoms. The van der Waals surface area contributed by atoms with Gasteiger partial charge < -0.3 is 15.0 Å². The van der Waals surface area contributed by atoms with Crippen molar-refractivity contribution in [1.82, 2.24) is 9.97 Å². The van der Waals surface area contributed by atoms with E-state index in [0.717, 1.165) is 11.3 Å². The van der Waals surface area contributed by atoms with E-state index in [4.69, 9.17) is 4.74 Å². The molecule has 0 aliphatic carbocycles. The van der Waals surface area contributed by atoms with Crippen molar-refractivity contribution in [2.75, 3.05) is 18.2 Å². The largest absolute Gasteiger partial charge is 0.494 e. The lowest BCUT2D eigenvalue weighted by atomic mass is 9.87. The van der Waals surface area contributed by atoms with Crippen LogP contribution < -0.4 is 15.6 Å². The highest BCUT2D eigenvalue weighted by Crippen LogP contribution is 2.34. The van der Waals surface area contributed by atoms with Crippen LogP contribution in [0.15, 0.2) is 34.2 Å². The minimum Gasteiger partial charge on any atom is -0.494 e. The van der Waals surface area contributed by atoms with Crippen LogP contribution in [0.25, 0.3) is 0 Å². The topological polar surface area (TPSA) is 84.1 Å². The standard InChI is InChI=1S/C16H17N3O3S/c1-3-22-10-6-4-9(5-7-10)11-8-12(20)17-14-13(11)15(21)19-16(18-14)23-2/h4-7,11H,3,8H2,1-2H3,(H2,17,18,19,20,21)/t11-/m0/s1. The summed E-state index contributed by atoms with van der Waals surface area (Å²) < 4.78 is 5.43. The van der Waals surface area contributed by atoms with Crippen molar-refractivity contribution < 1.29 is 9.53 Å². The van der Waals surface area contributed by atoms with Crippen LogP contribution in [0.4, 0.5) is 5.82 Å². The van der Waals surface area contributed by atoms with Crippen LogP contribution in [0.5, 0.6) is 5.75 Å². The highest BCUT2D eigenvalue weighted by molar-refractivity contribution is 7.98. The number of nitrogens with zero attached hydrogens (tertiary/aromatic N) is 1. The molecule has 0 fully saturated rings. The Morgan fingerprint density at radius 1 is 1.30 bits per heavy atom. The van der Waals surface area contributed by atoms with E-state index in [9.17, 15) is 9.59 Å². The molecule has 1 atom stereocenters. The fourth-order valence-corrected chi connectivity index (χ4v) is 3.07. The number of amides is 1. The fraction of sp³-hybridized carbons (Fsp3) is 0.312. The van der Waals surface area contributed by atoms with E-state index >= 15 is 0 Å². The van der Waals surface area contributed by atoms with Crippen molar-refractivity contribution in [2.45, 2.75) is 24.4 Å². The van der Waals surface area contributed by atoms with Crippen LogP contribution in [0.2, 0.25) is 0 Å². The Balaban J connectivity index is 2.04. The quantitative estimate of drug-likeness (QED) is 0.664. The van der Waals surface area contributed by atoms with Crippen molar-refractivity contribution in [1.29, 1.82) is 0 Å². The molecule has 0 saturated carbocycles. The molecular weight excluding hydrogens is 314 g/mol. The third kappa shape index (κ3) is 3.10. The highest BCUT2D eigenvalue weighted by atomic mass is 32.2. The molecule has 0 radical (unpaired) electrons. The Morgan fingerprint density at radius 2 is 2.04 bits per heavy atom. The maximum Gasteiger partial charge on any atom is 0.257 e. The SMILES string of the molecule is CCOc1ccc([C@@H]2CC(=O)Nc3nc(SC)[nH]c(=O)c32)cc1. The van der Waals surface area contributed by atoms with Gasteiger partial charge in [0.05, 0.1) is 12.2 Å². The van der Waals surface area contributed by atoms with Crippen LogP contribution >= 0.6 is 11.8 Å². The van der Waals surface area contributed by atoms with Gasteiger partial charge in [-0.25, -0.2) is 4.98 Å². The predicted octanol–water partition coefficient (Wildman–Crippen LogP) is 2.36. The number of hydrogen-bond acceptors (Lipinski definition) is 5. The zero-order valence-electron chi connectivity index (χ0n) is 12.9. The summed E-state index contributed by atoms with van der Waals surface area (Å²) in [5, 5.41) is 3.19. The molecule has 1 aromatic carbocycles. The van der Waals surface area contributed by atoms with Gasteiger partial charge in [0.1, 0.15) is 11.6 Å². The molecule has 7 heteroatoms. The van der Waals surface area contributed by atoms with Gasteiger partial charge in [0.15, 0.2) is 5.16 Å². The summed E-state index contributed by atoms with van der Waals surface area (Å²) in [4.78, 5) is 31.5. The second kappa shape index (κ2) is 6.45. The first-order valence-electron chi connectivity index (χ1n) is 7.33. The molecule has 0 spiro atoms. The van der Waals surface area contributed by atoms with Crippen molar-refractivity contribution in [2.24, 2.45) is 0 Å². The average molecular weight is 331 g/mol. The number of H-pyrrole nitrogens is 1. The van der Waals surface area contributed by atoms with Gasteiger partial charge in [-0.1, -0.05) is 23.9 Å². The summed E-state index contributed by atoms with van der Waals surface area (Å²) in [6, 6.07) is 7.48. The minimum absolute atomic E-state index is 0.137. The zero-order chi connectivity index (χ0) is 16.4. The molecule has 2 aromatic rings. The van der Waals surface area contributed by atoms with Gasteiger partial charge in [0.2, 0.25) is 5.91 Å². The molecule has 2 heterocycles. The van der Waals surface area contributed by atoms with E-state index in [1.165, 1.54) is 11.8 Å². The Bertz CT molecular complexity index is 786. The number of thioether (sulfide) groups is 1. The minimum atomic E-state index is -0.304. The summed E-state index contributed by atoms with van der Waals surface area (Å²) in [5.74, 6) is 0.679. The number of carbonyl (C=O) groups is 1. The summed E-state index contributed by atoms with van der Waals surface area (Å²) in [6.07, 6.45) is 2.05. The number of benzene rings is 1. The molecule has 120 valence electrons. The summed E-state index contributed by atoms with van der Waals surface area (Å²) in [7, 11) is 0. The van der Waals surface area contributed by atoms with E-state index in [0.29, 0.717) is 23.1 Å². The van der Waals surface area contributed by atoms with Gasteiger partial charge in [-0.05, 0) is 30.9 Å². The summed E-state index contributed by atoms with van der Waals surface area (Å²) >= 11 is 1.33. The molecule has 0 saturated heterocycles. The molecule has 6 nitrogen and oxygen atoms in total. The van der Waals surface area contributed by atoms with Gasteiger partial charge in [0.25, 0.3) is 5.56 Å². The van der Waals surface area contributed by atoms with Gasteiger partial charge in [-0.15, -0.1) is 0 Å². The second-order valence-corrected chi connectivity index (χ2v) is 5.94. The Hall–Kier alpha value is -2.28. The number of aromatic nitrogens is 2. The van der Waals surface area contributed by atoms with Crippen molar-refractivity contribution in [3.8, 4) is 5.75 Å². The number of hydrogen-bond donors (Lipinski definition) is 2. The normalized spacial score (nSPS) is 16.6. The zero-order valence-corrected chi connectivity index (χ0v) is 13.7. The fourth-order valence-electron chi connectivity index (χ4n) is 2.70. The maximum atomic E-state index is 12.4. The van der Waals surface area contributed by atoms with E-state index in [1.54, 1.807) is 0 Å². The molecule has 2 N–H and O–H groups in total. The number of anilines is 1. The first-order chi connectivity index (χ1) is 11.1. The molecule has 1 aliphatic rings. The van der Waals surface area contributed by atoms with Gasteiger partial charge in [-0.3, -0.25) is 9.59 Å². The first kappa shape index (κ1) is 15.6. The molecule has 1 amide bonds. The van der Waals surface area contributed by atoms with Gasteiger partial charge >= 0.3 is 0 Å². The Kier molecular flexibility index (Phi) is 4.38. The number of rotatable bonds is 4. The molecule has 0 unspecified atom stereocenters. The van der Waals surface area contributed by atoms with E-state index in [2.05, 4.69) is 15.3 Å². The van der Waals surface area contributed by atoms with Crippen LogP contribution in [0.1, 0.15) is 30.4 Å². The van der Waals surface area contributed by atoms with E-state index in [1.807, 2.05) is 37.4 Å². The lowest BCUT2D eigenvalue weighted by molar-refractivity contribution is -0.116. The Morgan fingerprint density at radius 3 is 2.70 bits per heavy atom. The van der Waals surface area contributed by atoms with Crippen molar-refractivity contribution >= 4 is 23.5 Å². The molecule has 3 rings (SSSR count). The van der Waals surface area contributed by atoms with Gasteiger partial charge in [0, 0.05) is 12.3 Å². The number of ether oxygens (including phenoxy) is 1. The molecule has 1 aliphatic heterocycles. The number of carbonyl (C=O) groups excluding carboxylic acids is 1. The second-order valence-electron chi connectivity index (χ2n) is 5.14. The molecule has 1 aromatic heterocycles. The van der Waals surface area contributed by atoms with Crippen molar-refractivity contribution in [3.05, 3.63) is 45.7 Å². The summed E-state index contributed by atoms with van der Waals surface area (Å²) in [5.41, 5.74) is 1.19. The Labute approximate surface area is 137 Å². The smallest absolute Gasteiger partial charge is 0.257 e. The highest BCUT2D eigenvalue weighted by Gasteiger charge is 2.30. The van der Waals surface area contributed by atoms with E-state index < -0.39 is 0 Å². The van der Waals surface area contributed by atoms with Crippen molar-refractivity contribution in [3.63, 3.8) is 0 Å². The third-order valence-electron chi connectivity index (χ3n) is 3.72. The third-order valence-corrected chi connectivity index (χ3v) is 4.30. The maximum absolute atomic E-state index is 12.4. The number of nitrogens with one attached hydrogen (secondary N) is 2. The lowest BCUT2D eigenvalue weighted by Gasteiger charge is -2.24. The molecular formula is C16H17N3O3S. The van der Waals surface area contributed by atoms with E-state index in [-0.39, 0.29) is 23.8 Å². The first-order valence-corrected chi connectivity index (χ1v) is 8.55. The predicted molar refractivity (Wildman–Crippen MR) is 89.3 cm³/mol. The number of aromatic amines is 1. The summed E-state index contributed by atoms with van der Waals surface area (Å²) in [6.45, 7) is 2.51.